The number of nitrogens with zero attached hydrogens (tertiary/aromatic N) is 2. The van der Waals surface area contributed by atoms with Gasteiger partial charge in [-0.25, -0.2) is 0 Å². The van der Waals surface area contributed by atoms with Crippen molar-refractivity contribution in [3.8, 4) is 0 Å². The Balaban J connectivity index is 1.92. The Kier molecular flexibility index (Phi) is 4.24. The van der Waals surface area contributed by atoms with Crippen molar-refractivity contribution in [1.29, 1.82) is 0 Å². The Hall–Kier alpha value is -1.93. The second kappa shape index (κ2) is 6.42. The molecule has 4 rings (SSSR count). The number of Topliss-reactive ketones (excluding diaryl/α,β-unsaturated/α-hetero) is 1. The van der Waals surface area contributed by atoms with Gasteiger partial charge in [-0.1, -0.05) is 24.3 Å². The molecule has 0 saturated heterocycles. The largest absolute Gasteiger partial charge is 0.289 e. The van der Waals surface area contributed by atoms with Gasteiger partial charge in [-0.3, -0.25) is 9.59 Å². The molecule has 124 valence electrons. The highest BCUT2D eigenvalue weighted by Gasteiger charge is 2.32. The first-order valence-electron chi connectivity index (χ1n) is 7.71. The molecule has 4 nitrogen and oxygen atoms in total. The SMILES string of the molecule is CC1=C2SCC(=O)N(c3ccc(I)cc3)N=C2c2ccccc2C1=O. The van der Waals surface area contributed by atoms with Crippen LogP contribution < -0.4 is 5.01 Å². The van der Waals surface area contributed by atoms with Crippen LogP contribution in [0.3, 0.4) is 0 Å². The van der Waals surface area contributed by atoms with Gasteiger partial charge in [0.1, 0.15) is 5.71 Å². The molecule has 0 unspecified atom stereocenters. The van der Waals surface area contributed by atoms with Crippen LogP contribution in [0.2, 0.25) is 0 Å². The van der Waals surface area contributed by atoms with Crippen LogP contribution in [0.25, 0.3) is 0 Å². The van der Waals surface area contributed by atoms with Crippen LogP contribution >= 0.6 is 34.4 Å². The minimum absolute atomic E-state index is 0.00668. The van der Waals surface area contributed by atoms with Gasteiger partial charge in [-0.15, -0.1) is 11.8 Å². The molecule has 0 saturated carbocycles. The number of fused-ring (bicyclic) bond motifs is 3. The number of amides is 1. The van der Waals surface area contributed by atoms with E-state index in [1.807, 2.05) is 48.5 Å². The number of carbonyl (C=O) groups is 2. The summed E-state index contributed by atoms with van der Waals surface area (Å²) < 4.78 is 1.09. The molecule has 0 spiro atoms. The average Bonchev–Trinajstić information content (AvgIpc) is 2.80. The molecule has 2 aromatic rings. The molecule has 2 aliphatic rings. The fourth-order valence-electron chi connectivity index (χ4n) is 2.90. The molecule has 1 amide bonds. The van der Waals surface area contributed by atoms with E-state index in [9.17, 15) is 9.59 Å². The molecule has 1 aliphatic heterocycles. The second-order valence-electron chi connectivity index (χ2n) is 5.75. The van der Waals surface area contributed by atoms with Gasteiger partial charge in [0.05, 0.1) is 11.4 Å². The van der Waals surface area contributed by atoms with E-state index in [1.165, 1.54) is 16.8 Å². The first-order valence-corrected chi connectivity index (χ1v) is 9.78. The Morgan fingerprint density at radius 2 is 1.72 bits per heavy atom. The average molecular weight is 460 g/mol. The maximum Gasteiger partial charge on any atom is 0.257 e. The lowest BCUT2D eigenvalue weighted by Crippen LogP contribution is -2.27. The van der Waals surface area contributed by atoms with Gasteiger partial charge in [-0.05, 0) is 53.8 Å². The van der Waals surface area contributed by atoms with Crippen molar-refractivity contribution in [3.05, 3.63) is 73.7 Å². The van der Waals surface area contributed by atoms with Crippen molar-refractivity contribution in [1.82, 2.24) is 0 Å². The Labute approximate surface area is 163 Å². The third kappa shape index (κ3) is 2.83. The molecule has 0 fully saturated rings. The summed E-state index contributed by atoms with van der Waals surface area (Å²) in [6, 6.07) is 15.1. The van der Waals surface area contributed by atoms with Gasteiger partial charge in [0.15, 0.2) is 5.78 Å². The van der Waals surface area contributed by atoms with Gasteiger partial charge in [0.2, 0.25) is 0 Å². The van der Waals surface area contributed by atoms with Crippen molar-refractivity contribution in [2.75, 3.05) is 10.8 Å². The number of ketones is 1. The monoisotopic (exact) mass is 460 g/mol. The fourth-order valence-corrected chi connectivity index (χ4v) is 4.25. The van der Waals surface area contributed by atoms with Crippen molar-refractivity contribution in [2.45, 2.75) is 6.92 Å². The summed E-state index contributed by atoms with van der Waals surface area (Å²) in [7, 11) is 0. The van der Waals surface area contributed by atoms with Gasteiger partial charge in [0, 0.05) is 25.2 Å². The molecule has 2 aromatic carbocycles. The molecule has 6 heteroatoms. The Morgan fingerprint density at radius 1 is 1.04 bits per heavy atom. The fraction of sp³-hybridized carbons (Fsp3) is 0.105. The number of carbonyl (C=O) groups excluding carboxylic acids is 2. The van der Waals surface area contributed by atoms with Crippen LogP contribution in [0, 0.1) is 3.57 Å². The summed E-state index contributed by atoms with van der Waals surface area (Å²) >= 11 is 3.62. The van der Waals surface area contributed by atoms with E-state index in [1.54, 1.807) is 6.92 Å². The van der Waals surface area contributed by atoms with E-state index in [0.29, 0.717) is 16.8 Å². The molecule has 1 aliphatic carbocycles. The predicted octanol–water partition coefficient (Wildman–Crippen LogP) is 4.25. The molecule has 1 heterocycles. The second-order valence-corrected chi connectivity index (χ2v) is 7.98. The topological polar surface area (TPSA) is 49.7 Å². The standard InChI is InChI=1S/C19H13IN2O2S/c1-11-18(24)15-5-3-2-4-14(15)17-19(11)25-10-16(23)22(21-17)13-8-6-12(20)7-9-13/h2-9H,10H2,1H3. The zero-order valence-corrected chi connectivity index (χ0v) is 16.3. The van der Waals surface area contributed by atoms with E-state index >= 15 is 0 Å². The number of hydrogen-bond acceptors (Lipinski definition) is 4. The minimum atomic E-state index is -0.0988. The predicted molar refractivity (Wildman–Crippen MR) is 109 cm³/mol. The molecule has 0 atom stereocenters. The van der Waals surface area contributed by atoms with Gasteiger partial charge < -0.3 is 0 Å². The zero-order valence-electron chi connectivity index (χ0n) is 13.3. The summed E-state index contributed by atoms with van der Waals surface area (Å²) in [5.74, 6) is 0.159. The highest BCUT2D eigenvalue weighted by atomic mass is 127. The molecular formula is C19H13IN2O2S. The first kappa shape index (κ1) is 16.5. The Bertz CT molecular complexity index is 964. The van der Waals surface area contributed by atoms with Crippen LogP contribution in [0.15, 0.2) is 64.1 Å². The molecular weight excluding hydrogens is 447 g/mol. The smallest absolute Gasteiger partial charge is 0.257 e. The number of anilines is 1. The summed E-state index contributed by atoms with van der Waals surface area (Å²) in [6.45, 7) is 1.81. The van der Waals surface area contributed by atoms with Crippen LogP contribution in [0.5, 0.6) is 0 Å². The number of hydrazone groups is 1. The number of thioether (sulfide) groups is 1. The number of allylic oxidation sites excluding steroid dienone is 2. The van der Waals surface area contributed by atoms with Crippen molar-refractivity contribution in [2.24, 2.45) is 5.10 Å². The van der Waals surface area contributed by atoms with Gasteiger partial charge >= 0.3 is 0 Å². The van der Waals surface area contributed by atoms with Crippen LogP contribution in [0.1, 0.15) is 22.8 Å². The van der Waals surface area contributed by atoms with Crippen LogP contribution in [-0.4, -0.2) is 23.2 Å². The van der Waals surface area contributed by atoms with E-state index < -0.39 is 0 Å². The zero-order chi connectivity index (χ0) is 17.6. The summed E-state index contributed by atoms with van der Waals surface area (Å²) in [5, 5.41) is 6.12. The lowest BCUT2D eigenvalue weighted by atomic mass is 9.89. The van der Waals surface area contributed by atoms with E-state index in [2.05, 4.69) is 27.7 Å². The molecule has 0 bridgehead atoms. The maximum atomic E-state index is 12.6. The minimum Gasteiger partial charge on any atom is -0.289 e. The third-order valence-electron chi connectivity index (χ3n) is 4.17. The Morgan fingerprint density at radius 3 is 2.44 bits per heavy atom. The van der Waals surface area contributed by atoms with Gasteiger partial charge in [-0.2, -0.15) is 10.1 Å². The summed E-state index contributed by atoms with van der Waals surface area (Å²) in [5.41, 5.74) is 3.50. The highest BCUT2D eigenvalue weighted by molar-refractivity contribution is 14.1. The normalized spacial score (nSPS) is 17.0. The highest BCUT2D eigenvalue weighted by Crippen LogP contribution is 2.36. The van der Waals surface area contributed by atoms with Gasteiger partial charge in [0.25, 0.3) is 5.91 Å². The quantitative estimate of drug-likeness (QED) is 0.599. The molecule has 25 heavy (non-hydrogen) atoms. The molecule has 0 radical (unpaired) electrons. The van der Waals surface area contributed by atoms with Crippen molar-refractivity contribution < 1.29 is 9.59 Å². The van der Waals surface area contributed by atoms with Crippen LogP contribution in [-0.2, 0) is 4.79 Å². The summed E-state index contributed by atoms with van der Waals surface area (Å²) in [4.78, 5) is 26.1. The number of rotatable bonds is 1. The van der Waals surface area contributed by atoms with E-state index in [4.69, 9.17) is 0 Å². The number of halogens is 1. The lowest BCUT2D eigenvalue weighted by molar-refractivity contribution is -0.116. The molecule has 0 aromatic heterocycles. The lowest BCUT2D eigenvalue weighted by Gasteiger charge is -2.21. The van der Waals surface area contributed by atoms with Crippen LogP contribution in [0.4, 0.5) is 5.69 Å². The number of hydrogen-bond donors (Lipinski definition) is 0. The number of benzene rings is 2. The van der Waals surface area contributed by atoms with Crippen molar-refractivity contribution >= 4 is 57.4 Å². The molecule has 0 N–H and O–H groups in total. The maximum absolute atomic E-state index is 12.6. The van der Waals surface area contributed by atoms with E-state index in [0.717, 1.165) is 19.7 Å². The van der Waals surface area contributed by atoms with Crippen molar-refractivity contribution in [3.63, 3.8) is 0 Å². The van der Waals surface area contributed by atoms with E-state index in [-0.39, 0.29) is 17.4 Å². The summed E-state index contributed by atoms with van der Waals surface area (Å²) in [6.07, 6.45) is 0. The third-order valence-corrected chi connectivity index (χ3v) is 6.07. The first-order chi connectivity index (χ1) is 12.1.